The van der Waals surface area contributed by atoms with E-state index in [4.69, 9.17) is 11.6 Å². The molecule has 0 aliphatic carbocycles. The van der Waals surface area contributed by atoms with E-state index in [-0.39, 0.29) is 23.2 Å². The lowest BCUT2D eigenvalue weighted by Crippen LogP contribution is -2.37. The Bertz CT molecular complexity index is 728. The number of halogens is 1. The maximum Gasteiger partial charge on any atom is 0.329 e. The molecule has 0 saturated heterocycles. The Labute approximate surface area is 126 Å². The number of nitrogens with zero attached hydrogens (tertiary/aromatic N) is 1. The molecular weight excluding hydrogens is 296 g/mol. The number of aromatic amines is 1. The van der Waals surface area contributed by atoms with Gasteiger partial charge in [0.25, 0.3) is 5.56 Å². The van der Waals surface area contributed by atoms with Crippen LogP contribution in [0.25, 0.3) is 0 Å². The van der Waals surface area contributed by atoms with E-state index < -0.39 is 5.69 Å². The zero-order chi connectivity index (χ0) is 14.9. The van der Waals surface area contributed by atoms with Crippen LogP contribution in [0.2, 0.25) is 5.15 Å². The summed E-state index contributed by atoms with van der Waals surface area (Å²) in [5, 5.41) is 0.145. The van der Waals surface area contributed by atoms with Crippen molar-refractivity contribution < 1.29 is 0 Å². The van der Waals surface area contributed by atoms with Crippen LogP contribution in [0, 0.1) is 0 Å². The van der Waals surface area contributed by atoms with Crippen LogP contribution in [0.4, 0.5) is 0 Å². The average molecular weight is 313 g/mol. The van der Waals surface area contributed by atoms with E-state index in [0.717, 1.165) is 11.3 Å². The summed E-state index contributed by atoms with van der Waals surface area (Å²) in [4.78, 5) is 29.1. The molecule has 0 unspecified atom stereocenters. The lowest BCUT2D eigenvalue weighted by Gasteiger charge is -2.10. The zero-order valence-electron chi connectivity index (χ0n) is 11.7. The Kier molecular flexibility index (Phi) is 4.50. The first-order valence-corrected chi connectivity index (χ1v) is 7.73. The monoisotopic (exact) mass is 312 g/mol. The maximum absolute atomic E-state index is 12.4. The smallest absolute Gasteiger partial charge is 0.297 e. The molecule has 0 aliphatic heterocycles. The van der Waals surface area contributed by atoms with Crippen molar-refractivity contribution in [1.29, 1.82) is 0 Å². The third-order valence-electron chi connectivity index (χ3n) is 3.13. The van der Waals surface area contributed by atoms with Crippen molar-refractivity contribution in [3.63, 3.8) is 0 Å². The van der Waals surface area contributed by atoms with Gasteiger partial charge in [0.2, 0.25) is 0 Å². The van der Waals surface area contributed by atoms with Crippen LogP contribution >= 0.6 is 22.9 Å². The summed E-state index contributed by atoms with van der Waals surface area (Å²) in [6.07, 6.45) is 0.952. The van der Waals surface area contributed by atoms with Crippen LogP contribution in [0.1, 0.15) is 42.0 Å². The molecule has 2 heterocycles. The average Bonchev–Trinajstić information content (AvgIpc) is 2.81. The quantitative estimate of drug-likeness (QED) is 0.882. The minimum absolute atomic E-state index is 0.0346. The first-order chi connectivity index (χ1) is 9.43. The van der Waals surface area contributed by atoms with Gasteiger partial charge in [0.05, 0.1) is 12.1 Å². The molecule has 2 aromatic heterocycles. The number of H-pyrrole nitrogens is 1. The molecule has 2 aromatic rings. The van der Waals surface area contributed by atoms with Crippen molar-refractivity contribution in [1.82, 2.24) is 9.55 Å². The van der Waals surface area contributed by atoms with E-state index in [1.165, 1.54) is 9.44 Å². The van der Waals surface area contributed by atoms with Crippen molar-refractivity contribution in [2.45, 2.75) is 39.7 Å². The molecule has 0 aliphatic rings. The highest BCUT2D eigenvalue weighted by molar-refractivity contribution is 7.11. The van der Waals surface area contributed by atoms with Crippen LogP contribution in [0.3, 0.4) is 0 Å². The highest BCUT2D eigenvalue weighted by atomic mass is 35.5. The van der Waals surface area contributed by atoms with Crippen molar-refractivity contribution in [2.24, 2.45) is 0 Å². The molecule has 0 atom stereocenters. The molecule has 0 fully saturated rings. The standard InChI is InChI=1S/C14H17ClN2O2S/c1-4-9-5-6-10(20-9)7-17-13(18)11(8(2)3)12(15)16-14(17)19/h5-6,8H,4,7H2,1-3H3,(H,16,19). The van der Waals surface area contributed by atoms with Crippen molar-refractivity contribution in [3.05, 3.63) is 53.4 Å². The Morgan fingerprint density at radius 3 is 2.50 bits per heavy atom. The fraction of sp³-hybridized carbons (Fsp3) is 0.429. The third kappa shape index (κ3) is 2.88. The van der Waals surface area contributed by atoms with E-state index in [1.54, 1.807) is 11.3 Å². The van der Waals surface area contributed by atoms with Gasteiger partial charge in [-0.15, -0.1) is 11.3 Å². The summed E-state index contributed by atoms with van der Waals surface area (Å²) < 4.78 is 1.21. The Morgan fingerprint density at radius 2 is 1.95 bits per heavy atom. The van der Waals surface area contributed by atoms with E-state index in [2.05, 4.69) is 11.9 Å². The SMILES string of the molecule is CCc1ccc(Cn2c(=O)[nH]c(Cl)c(C(C)C)c2=O)s1. The molecule has 4 nitrogen and oxygen atoms in total. The van der Waals surface area contributed by atoms with Crippen molar-refractivity contribution >= 4 is 22.9 Å². The largest absolute Gasteiger partial charge is 0.329 e. The van der Waals surface area contributed by atoms with Crippen LogP contribution in [-0.2, 0) is 13.0 Å². The van der Waals surface area contributed by atoms with E-state index in [9.17, 15) is 9.59 Å². The van der Waals surface area contributed by atoms with Gasteiger partial charge in [-0.05, 0) is 24.5 Å². The fourth-order valence-electron chi connectivity index (χ4n) is 2.06. The molecule has 108 valence electrons. The van der Waals surface area contributed by atoms with Gasteiger partial charge in [-0.2, -0.15) is 0 Å². The summed E-state index contributed by atoms with van der Waals surface area (Å²) in [5.74, 6) is -0.0346. The second-order valence-electron chi connectivity index (χ2n) is 4.93. The molecule has 0 saturated carbocycles. The number of rotatable bonds is 4. The molecule has 0 amide bonds. The predicted octanol–water partition coefficient (Wildman–Crippen LogP) is 2.99. The van der Waals surface area contributed by atoms with E-state index >= 15 is 0 Å². The molecule has 2 rings (SSSR count). The van der Waals surface area contributed by atoms with Crippen LogP contribution in [-0.4, -0.2) is 9.55 Å². The lowest BCUT2D eigenvalue weighted by molar-refractivity contribution is 0.676. The van der Waals surface area contributed by atoms with Gasteiger partial charge < -0.3 is 0 Å². The summed E-state index contributed by atoms with van der Waals surface area (Å²) in [5.41, 5.74) is -0.311. The fourth-order valence-corrected chi connectivity index (χ4v) is 3.38. The molecular formula is C14H17ClN2O2S. The molecule has 0 spiro atoms. The Balaban J connectivity index is 2.49. The van der Waals surface area contributed by atoms with Gasteiger partial charge in [-0.1, -0.05) is 32.4 Å². The molecule has 0 bridgehead atoms. The molecule has 1 N–H and O–H groups in total. The maximum atomic E-state index is 12.4. The first-order valence-electron chi connectivity index (χ1n) is 6.54. The molecule has 20 heavy (non-hydrogen) atoms. The summed E-state index contributed by atoms with van der Waals surface area (Å²) in [7, 11) is 0. The highest BCUT2D eigenvalue weighted by Crippen LogP contribution is 2.19. The normalized spacial score (nSPS) is 11.2. The molecule has 6 heteroatoms. The third-order valence-corrected chi connectivity index (χ3v) is 4.64. The zero-order valence-corrected chi connectivity index (χ0v) is 13.3. The summed E-state index contributed by atoms with van der Waals surface area (Å²) in [6.45, 7) is 6.13. The molecule has 0 radical (unpaired) electrons. The Morgan fingerprint density at radius 1 is 1.30 bits per heavy atom. The second kappa shape index (κ2) is 5.97. The van der Waals surface area contributed by atoms with Crippen LogP contribution in [0.5, 0.6) is 0 Å². The summed E-state index contributed by atoms with van der Waals surface area (Å²) in [6, 6.07) is 3.98. The van der Waals surface area contributed by atoms with Gasteiger partial charge in [0, 0.05) is 9.75 Å². The van der Waals surface area contributed by atoms with Gasteiger partial charge >= 0.3 is 5.69 Å². The lowest BCUT2D eigenvalue weighted by atomic mass is 10.1. The van der Waals surface area contributed by atoms with E-state index in [0.29, 0.717) is 5.56 Å². The van der Waals surface area contributed by atoms with Crippen molar-refractivity contribution in [3.8, 4) is 0 Å². The summed E-state index contributed by atoms with van der Waals surface area (Å²) >= 11 is 7.58. The molecule has 0 aromatic carbocycles. The predicted molar refractivity (Wildman–Crippen MR) is 83.2 cm³/mol. The van der Waals surface area contributed by atoms with Gasteiger partial charge in [0.1, 0.15) is 5.15 Å². The number of aromatic nitrogens is 2. The van der Waals surface area contributed by atoms with Crippen LogP contribution in [0.15, 0.2) is 21.7 Å². The van der Waals surface area contributed by atoms with Gasteiger partial charge in [0.15, 0.2) is 0 Å². The van der Waals surface area contributed by atoms with Crippen molar-refractivity contribution in [2.75, 3.05) is 0 Å². The van der Waals surface area contributed by atoms with Gasteiger partial charge in [-0.25, -0.2) is 4.79 Å². The Hall–Kier alpha value is -1.33. The minimum atomic E-state index is -0.462. The number of hydrogen-bond donors (Lipinski definition) is 1. The number of aryl methyl sites for hydroxylation is 1. The number of nitrogens with one attached hydrogen (secondary N) is 1. The van der Waals surface area contributed by atoms with Crippen LogP contribution < -0.4 is 11.2 Å². The highest BCUT2D eigenvalue weighted by Gasteiger charge is 2.16. The van der Waals surface area contributed by atoms with E-state index in [1.807, 2.05) is 26.0 Å². The minimum Gasteiger partial charge on any atom is -0.297 e. The number of hydrogen-bond acceptors (Lipinski definition) is 3. The second-order valence-corrected chi connectivity index (χ2v) is 6.56. The number of thiophene rings is 1. The first kappa shape index (κ1) is 15.1. The van der Waals surface area contributed by atoms with Gasteiger partial charge in [-0.3, -0.25) is 14.3 Å². The topological polar surface area (TPSA) is 54.9 Å².